The molecule has 31 heavy (non-hydrogen) atoms. The Morgan fingerprint density at radius 3 is 2.39 bits per heavy atom. The van der Waals surface area contributed by atoms with E-state index in [2.05, 4.69) is 11.0 Å². The fraction of sp³-hybridized carbons (Fsp3) is 0.391. The van der Waals surface area contributed by atoms with Crippen molar-refractivity contribution in [2.75, 3.05) is 44.7 Å². The molecule has 3 rings (SSSR count). The maximum atomic E-state index is 12.9. The lowest BCUT2D eigenvalue weighted by atomic mass is 10.1. The number of nitrogens with zero attached hydrogens (tertiary/aromatic N) is 4. The second-order valence-electron chi connectivity index (χ2n) is 7.89. The van der Waals surface area contributed by atoms with Gasteiger partial charge in [-0.3, -0.25) is 4.79 Å². The largest absolute Gasteiger partial charge is 0.370 e. The summed E-state index contributed by atoms with van der Waals surface area (Å²) < 4.78 is 26.9. The van der Waals surface area contributed by atoms with Gasteiger partial charge in [-0.2, -0.15) is 9.57 Å². The van der Waals surface area contributed by atoms with Crippen LogP contribution in [0.1, 0.15) is 23.1 Å². The molecule has 0 saturated carbocycles. The number of carbonyl (C=O) groups excluding carboxylic acids is 1. The van der Waals surface area contributed by atoms with Gasteiger partial charge in [0, 0.05) is 38.9 Å². The van der Waals surface area contributed by atoms with Gasteiger partial charge in [-0.1, -0.05) is 6.07 Å². The summed E-state index contributed by atoms with van der Waals surface area (Å²) in [5, 5.41) is 8.95. The molecule has 2 aromatic carbocycles. The number of nitriles is 1. The van der Waals surface area contributed by atoms with Crippen LogP contribution in [0.2, 0.25) is 0 Å². The minimum atomic E-state index is -3.73. The third-order valence-electron chi connectivity index (χ3n) is 5.75. The Balaban J connectivity index is 1.63. The molecule has 0 unspecified atom stereocenters. The van der Waals surface area contributed by atoms with E-state index in [0.717, 1.165) is 34.1 Å². The summed E-state index contributed by atoms with van der Waals surface area (Å²) in [6.45, 7) is 6.18. The summed E-state index contributed by atoms with van der Waals surface area (Å²) in [5.74, 6) is -0.198. The lowest BCUT2D eigenvalue weighted by Crippen LogP contribution is -2.42. The van der Waals surface area contributed by atoms with Crippen LogP contribution >= 0.6 is 0 Å². The van der Waals surface area contributed by atoms with Gasteiger partial charge >= 0.3 is 0 Å². The van der Waals surface area contributed by atoms with E-state index in [1.807, 2.05) is 26.0 Å². The van der Waals surface area contributed by atoms with E-state index < -0.39 is 10.0 Å². The normalized spacial score (nSPS) is 14.9. The Labute approximate surface area is 184 Å². The van der Waals surface area contributed by atoms with Crippen LogP contribution < -0.4 is 4.90 Å². The van der Waals surface area contributed by atoms with Gasteiger partial charge in [0.2, 0.25) is 15.9 Å². The second kappa shape index (κ2) is 9.50. The van der Waals surface area contributed by atoms with Gasteiger partial charge in [-0.05, 0) is 67.8 Å². The van der Waals surface area contributed by atoms with Crippen LogP contribution in [-0.2, 0) is 14.8 Å². The smallest absolute Gasteiger partial charge is 0.243 e. The van der Waals surface area contributed by atoms with Gasteiger partial charge in [0.15, 0.2) is 0 Å². The molecule has 0 N–H and O–H groups in total. The van der Waals surface area contributed by atoms with Gasteiger partial charge in [-0.15, -0.1) is 0 Å². The van der Waals surface area contributed by atoms with E-state index >= 15 is 0 Å². The first-order valence-electron chi connectivity index (χ1n) is 10.3. The van der Waals surface area contributed by atoms with E-state index in [1.54, 1.807) is 35.2 Å². The highest BCUT2D eigenvalue weighted by atomic mass is 32.2. The van der Waals surface area contributed by atoms with E-state index in [0.29, 0.717) is 25.2 Å². The average molecular weight is 441 g/mol. The summed E-state index contributed by atoms with van der Waals surface area (Å²) in [7, 11) is -2.28. The van der Waals surface area contributed by atoms with E-state index in [-0.39, 0.29) is 17.3 Å². The highest BCUT2D eigenvalue weighted by molar-refractivity contribution is 7.89. The Kier molecular flexibility index (Phi) is 6.98. The predicted octanol–water partition coefficient (Wildman–Crippen LogP) is 2.53. The number of sulfonamides is 1. The summed E-state index contributed by atoms with van der Waals surface area (Å²) in [6.07, 6.45) is 0.791. The number of aryl methyl sites for hydroxylation is 2. The second-order valence-corrected chi connectivity index (χ2v) is 9.93. The molecule has 1 fully saturated rings. The Hall–Kier alpha value is -2.89. The molecule has 164 valence electrons. The highest BCUT2D eigenvalue weighted by Gasteiger charge is 2.26. The van der Waals surface area contributed by atoms with Crippen molar-refractivity contribution in [1.29, 1.82) is 5.26 Å². The van der Waals surface area contributed by atoms with Crippen LogP contribution in [-0.4, -0.2) is 63.3 Å². The Bertz CT molecular complexity index is 1090. The number of benzene rings is 2. The fourth-order valence-corrected chi connectivity index (χ4v) is 4.81. The van der Waals surface area contributed by atoms with Gasteiger partial charge in [0.1, 0.15) is 0 Å². The van der Waals surface area contributed by atoms with Crippen molar-refractivity contribution in [2.45, 2.75) is 25.2 Å². The molecular formula is C23H28N4O3S. The molecule has 1 saturated heterocycles. The molecule has 1 aliphatic rings. The summed E-state index contributed by atoms with van der Waals surface area (Å²) in [6, 6.07) is 14.5. The van der Waals surface area contributed by atoms with Crippen LogP contribution in [0, 0.1) is 25.2 Å². The number of hydrogen-bond acceptors (Lipinski definition) is 5. The van der Waals surface area contributed by atoms with Crippen LogP contribution in [0.25, 0.3) is 0 Å². The summed E-state index contributed by atoms with van der Waals surface area (Å²) in [4.78, 5) is 17.0. The first kappa shape index (κ1) is 22.8. The predicted molar refractivity (Wildman–Crippen MR) is 120 cm³/mol. The third-order valence-corrected chi connectivity index (χ3v) is 7.55. The van der Waals surface area contributed by atoms with Crippen molar-refractivity contribution >= 4 is 21.6 Å². The van der Waals surface area contributed by atoms with Gasteiger partial charge in [0.25, 0.3) is 0 Å². The molecule has 1 heterocycles. The van der Waals surface area contributed by atoms with E-state index in [4.69, 9.17) is 5.26 Å². The number of rotatable bonds is 5. The number of amides is 1. The van der Waals surface area contributed by atoms with Crippen LogP contribution in [0.4, 0.5) is 5.69 Å². The quantitative estimate of drug-likeness (QED) is 0.713. The SMILES string of the molecule is Cc1ccc(S(=O)(=O)N(C)CC(=O)N2CCCN(c3ccc(C#N)cc3)CC2)cc1C. The van der Waals surface area contributed by atoms with Crippen LogP contribution in [0.5, 0.6) is 0 Å². The third kappa shape index (κ3) is 5.24. The lowest BCUT2D eigenvalue weighted by molar-refractivity contribution is -0.131. The molecule has 0 spiro atoms. The molecule has 7 nitrogen and oxygen atoms in total. The number of carbonyl (C=O) groups is 1. The Morgan fingerprint density at radius 1 is 1.03 bits per heavy atom. The standard InChI is InChI=1S/C23H28N4O3S/c1-18-5-10-22(15-19(18)2)31(29,30)25(3)17-23(28)27-12-4-11-26(13-14-27)21-8-6-20(16-24)7-9-21/h5-10,15H,4,11-14,17H2,1-3H3. The van der Waals surface area contributed by atoms with Crippen LogP contribution in [0.15, 0.2) is 47.4 Å². The zero-order chi connectivity index (χ0) is 22.6. The first-order valence-corrected chi connectivity index (χ1v) is 11.7. The monoisotopic (exact) mass is 440 g/mol. The fourth-order valence-electron chi connectivity index (χ4n) is 3.60. The van der Waals surface area contributed by atoms with Gasteiger partial charge < -0.3 is 9.80 Å². The minimum absolute atomic E-state index is 0.188. The minimum Gasteiger partial charge on any atom is -0.370 e. The molecule has 8 heteroatoms. The zero-order valence-electron chi connectivity index (χ0n) is 18.2. The van der Waals surface area contributed by atoms with Crippen molar-refractivity contribution < 1.29 is 13.2 Å². The summed E-state index contributed by atoms with van der Waals surface area (Å²) >= 11 is 0. The van der Waals surface area contributed by atoms with Gasteiger partial charge in [-0.25, -0.2) is 8.42 Å². The van der Waals surface area contributed by atoms with Crippen LogP contribution in [0.3, 0.4) is 0 Å². The molecule has 0 aliphatic carbocycles. The van der Waals surface area contributed by atoms with Crippen molar-refractivity contribution in [3.8, 4) is 6.07 Å². The molecule has 0 bridgehead atoms. The molecule has 0 aromatic heterocycles. The molecule has 1 amide bonds. The molecule has 0 atom stereocenters. The zero-order valence-corrected chi connectivity index (χ0v) is 19.0. The summed E-state index contributed by atoms with van der Waals surface area (Å²) in [5.41, 5.74) is 3.55. The van der Waals surface area contributed by atoms with E-state index in [9.17, 15) is 13.2 Å². The lowest BCUT2D eigenvalue weighted by Gasteiger charge is -2.25. The molecule has 1 aliphatic heterocycles. The number of anilines is 1. The Morgan fingerprint density at radius 2 is 1.74 bits per heavy atom. The maximum Gasteiger partial charge on any atom is 0.243 e. The van der Waals surface area contributed by atoms with Crippen molar-refractivity contribution in [3.05, 3.63) is 59.2 Å². The van der Waals surface area contributed by atoms with Crippen molar-refractivity contribution in [3.63, 3.8) is 0 Å². The molecule has 2 aromatic rings. The molecule has 0 radical (unpaired) electrons. The van der Waals surface area contributed by atoms with E-state index in [1.165, 1.54) is 7.05 Å². The van der Waals surface area contributed by atoms with Crippen molar-refractivity contribution in [2.24, 2.45) is 0 Å². The topological polar surface area (TPSA) is 84.7 Å². The average Bonchev–Trinajstić information content (AvgIpc) is 3.02. The van der Waals surface area contributed by atoms with Gasteiger partial charge in [0.05, 0.1) is 23.1 Å². The maximum absolute atomic E-state index is 12.9. The van der Waals surface area contributed by atoms with Crippen molar-refractivity contribution in [1.82, 2.24) is 9.21 Å². The highest BCUT2D eigenvalue weighted by Crippen LogP contribution is 2.20. The first-order chi connectivity index (χ1) is 14.7. The number of hydrogen-bond donors (Lipinski definition) is 0. The number of likely N-dealkylation sites (N-methyl/N-ethyl adjacent to an activating group) is 1. The molecular weight excluding hydrogens is 412 g/mol.